The van der Waals surface area contributed by atoms with Gasteiger partial charge in [-0.1, -0.05) is 13.8 Å². The number of aryl methyl sites for hydroxylation is 1. The number of anilines is 2. The molecule has 0 amide bonds. The zero-order valence-electron chi connectivity index (χ0n) is 11.6. The Morgan fingerprint density at radius 1 is 1.24 bits per heavy atom. The van der Waals surface area contributed by atoms with Crippen molar-refractivity contribution in [2.75, 3.05) is 23.7 Å². The molecule has 1 saturated heterocycles. The molecule has 2 rings (SSSR count). The van der Waals surface area contributed by atoms with Crippen molar-refractivity contribution in [3.05, 3.63) is 5.69 Å². The summed E-state index contributed by atoms with van der Waals surface area (Å²) in [6.07, 6.45) is 0. The topological polar surface area (TPSA) is 47.1 Å². The monoisotopic (exact) mass is 236 g/mol. The van der Waals surface area contributed by atoms with E-state index in [0.717, 1.165) is 42.1 Å². The molecule has 1 fully saturated rings. The van der Waals surface area contributed by atoms with Crippen LogP contribution in [0.25, 0.3) is 0 Å². The van der Waals surface area contributed by atoms with E-state index >= 15 is 0 Å². The minimum atomic E-state index is 0.354. The van der Waals surface area contributed by atoms with Gasteiger partial charge in [0, 0.05) is 19.1 Å². The molecular formula is C13H24N4. The second-order valence-corrected chi connectivity index (χ2v) is 5.72. The zero-order chi connectivity index (χ0) is 12.7. The van der Waals surface area contributed by atoms with E-state index in [1.54, 1.807) is 0 Å². The van der Waals surface area contributed by atoms with Gasteiger partial charge in [-0.2, -0.15) is 5.10 Å². The molecule has 2 unspecified atom stereocenters. The number of aromatic nitrogens is 2. The third-order valence-corrected chi connectivity index (χ3v) is 3.88. The van der Waals surface area contributed by atoms with E-state index in [4.69, 9.17) is 5.73 Å². The average Bonchev–Trinajstić information content (AvgIpc) is 2.71. The highest BCUT2D eigenvalue weighted by Crippen LogP contribution is 2.34. The van der Waals surface area contributed by atoms with E-state index in [2.05, 4.69) is 42.4 Å². The van der Waals surface area contributed by atoms with Crippen molar-refractivity contribution in [3.8, 4) is 0 Å². The fourth-order valence-corrected chi connectivity index (χ4v) is 2.53. The molecule has 1 aromatic rings. The zero-order valence-corrected chi connectivity index (χ0v) is 11.6. The first kappa shape index (κ1) is 12.3. The molecule has 17 heavy (non-hydrogen) atoms. The fraction of sp³-hybridized carbons (Fsp3) is 0.769. The highest BCUT2D eigenvalue weighted by Gasteiger charge is 2.30. The maximum atomic E-state index is 6.19. The van der Waals surface area contributed by atoms with Crippen molar-refractivity contribution in [1.29, 1.82) is 0 Å². The third-order valence-electron chi connectivity index (χ3n) is 3.88. The molecular weight excluding hydrogens is 212 g/mol. The van der Waals surface area contributed by atoms with Gasteiger partial charge in [0.1, 0.15) is 0 Å². The molecule has 96 valence electrons. The molecule has 1 aliphatic rings. The molecule has 0 aliphatic carbocycles. The summed E-state index contributed by atoms with van der Waals surface area (Å²) in [7, 11) is 0. The normalized spacial score (nSPS) is 24.9. The maximum Gasteiger partial charge on any atom is 0.150 e. The second-order valence-electron chi connectivity index (χ2n) is 5.72. The van der Waals surface area contributed by atoms with E-state index in [1.807, 2.05) is 6.92 Å². The number of hydrogen-bond donors (Lipinski definition) is 1. The van der Waals surface area contributed by atoms with Crippen LogP contribution in [0.3, 0.4) is 0 Å². The Morgan fingerprint density at radius 3 is 2.24 bits per heavy atom. The van der Waals surface area contributed by atoms with E-state index in [9.17, 15) is 0 Å². The third kappa shape index (κ3) is 2.01. The summed E-state index contributed by atoms with van der Waals surface area (Å²) >= 11 is 0. The van der Waals surface area contributed by atoms with Crippen LogP contribution < -0.4 is 10.6 Å². The first-order valence-electron chi connectivity index (χ1n) is 6.51. The second kappa shape index (κ2) is 4.24. The minimum absolute atomic E-state index is 0.354. The van der Waals surface area contributed by atoms with Crippen LogP contribution in [0.4, 0.5) is 11.5 Å². The van der Waals surface area contributed by atoms with Gasteiger partial charge in [0.2, 0.25) is 0 Å². The van der Waals surface area contributed by atoms with Crippen molar-refractivity contribution in [2.45, 2.75) is 40.7 Å². The fourth-order valence-electron chi connectivity index (χ4n) is 2.53. The summed E-state index contributed by atoms with van der Waals surface area (Å²) in [6, 6.07) is 0.354. The lowest BCUT2D eigenvalue weighted by Gasteiger charge is -2.22. The molecule has 1 aliphatic heterocycles. The highest BCUT2D eigenvalue weighted by atomic mass is 15.4. The van der Waals surface area contributed by atoms with Gasteiger partial charge in [0.15, 0.2) is 5.82 Å². The Balaban J connectivity index is 2.38. The van der Waals surface area contributed by atoms with Crippen LogP contribution in [-0.4, -0.2) is 22.9 Å². The summed E-state index contributed by atoms with van der Waals surface area (Å²) in [5.41, 5.74) is 7.98. The Hall–Kier alpha value is -1.19. The minimum Gasteiger partial charge on any atom is -0.394 e. The van der Waals surface area contributed by atoms with Crippen molar-refractivity contribution in [1.82, 2.24) is 9.78 Å². The van der Waals surface area contributed by atoms with Crippen LogP contribution in [0.15, 0.2) is 0 Å². The Labute approximate surface area is 104 Å². The van der Waals surface area contributed by atoms with E-state index in [1.165, 1.54) is 0 Å². The first-order chi connectivity index (χ1) is 7.91. The van der Waals surface area contributed by atoms with Gasteiger partial charge in [-0.15, -0.1) is 0 Å². The van der Waals surface area contributed by atoms with Crippen LogP contribution in [-0.2, 0) is 0 Å². The highest BCUT2D eigenvalue weighted by molar-refractivity contribution is 5.66. The Kier molecular flexibility index (Phi) is 3.06. The maximum absolute atomic E-state index is 6.19. The Bertz CT molecular complexity index is 398. The molecule has 0 saturated carbocycles. The largest absolute Gasteiger partial charge is 0.394 e. The lowest BCUT2D eigenvalue weighted by atomic mass is 10.0. The Morgan fingerprint density at radius 2 is 1.76 bits per heavy atom. The van der Waals surface area contributed by atoms with Crippen LogP contribution in [0, 0.1) is 18.8 Å². The van der Waals surface area contributed by atoms with Gasteiger partial charge >= 0.3 is 0 Å². The first-order valence-corrected chi connectivity index (χ1v) is 6.51. The van der Waals surface area contributed by atoms with E-state index < -0.39 is 0 Å². The molecule has 1 aromatic heterocycles. The number of nitrogens with zero attached hydrogens (tertiary/aromatic N) is 3. The summed E-state index contributed by atoms with van der Waals surface area (Å²) in [5, 5.41) is 4.55. The summed E-state index contributed by atoms with van der Waals surface area (Å²) < 4.78 is 2.06. The van der Waals surface area contributed by atoms with Gasteiger partial charge in [-0.3, -0.25) is 0 Å². The molecule has 2 N–H and O–H groups in total. The SMILES string of the molecule is Cc1nn(C(C)C)c(N2CC(C)C(C)C2)c1N. The summed E-state index contributed by atoms with van der Waals surface area (Å²) in [6.45, 7) is 13.1. The molecule has 4 nitrogen and oxygen atoms in total. The summed E-state index contributed by atoms with van der Waals surface area (Å²) in [5.74, 6) is 2.57. The molecule has 2 heterocycles. The lowest BCUT2D eigenvalue weighted by molar-refractivity contribution is 0.494. The van der Waals surface area contributed by atoms with Crippen LogP contribution >= 0.6 is 0 Å². The summed E-state index contributed by atoms with van der Waals surface area (Å²) in [4.78, 5) is 2.39. The predicted octanol–water partition coefficient (Wildman–Crippen LogP) is 2.45. The quantitative estimate of drug-likeness (QED) is 0.858. The molecule has 0 radical (unpaired) electrons. The van der Waals surface area contributed by atoms with E-state index in [0.29, 0.717) is 6.04 Å². The van der Waals surface area contributed by atoms with Gasteiger partial charge < -0.3 is 10.6 Å². The van der Waals surface area contributed by atoms with Gasteiger partial charge in [0.05, 0.1) is 11.4 Å². The van der Waals surface area contributed by atoms with Crippen molar-refractivity contribution in [2.24, 2.45) is 11.8 Å². The molecule has 4 heteroatoms. The van der Waals surface area contributed by atoms with Crippen molar-refractivity contribution >= 4 is 11.5 Å². The van der Waals surface area contributed by atoms with Gasteiger partial charge in [0.25, 0.3) is 0 Å². The molecule has 0 bridgehead atoms. The molecule has 0 spiro atoms. The van der Waals surface area contributed by atoms with Crippen LogP contribution in [0.2, 0.25) is 0 Å². The average molecular weight is 236 g/mol. The number of hydrogen-bond acceptors (Lipinski definition) is 3. The molecule has 0 aromatic carbocycles. The lowest BCUT2D eigenvalue weighted by Crippen LogP contribution is -2.24. The van der Waals surface area contributed by atoms with Crippen LogP contribution in [0.1, 0.15) is 39.4 Å². The molecule has 2 atom stereocenters. The standard InChI is InChI=1S/C13H24N4/c1-8(2)17-13(12(14)11(5)15-17)16-6-9(3)10(4)7-16/h8-10H,6-7,14H2,1-5H3. The van der Waals surface area contributed by atoms with Crippen LogP contribution in [0.5, 0.6) is 0 Å². The number of nitrogens with two attached hydrogens (primary N) is 1. The number of rotatable bonds is 2. The smallest absolute Gasteiger partial charge is 0.150 e. The van der Waals surface area contributed by atoms with Gasteiger partial charge in [-0.25, -0.2) is 4.68 Å². The predicted molar refractivity (Wildman–Crippen MR) is 72.3 cm³/mol. The van der Waals surface area contributed by atoms with Crippen molar-refractivity contribution in [3.63, 3.8) is 0 Å². The van der Waals surface area contributed by atoms with Crippen molar-refractivity contribution < 1.29 is 0 Å². The van der Waals surface area contributed by atoms with E-state index in [-0.39, 0.29) is 0 Å². The number of nitrogen functional groups attached to an aromatic ring is 1. The van der Waals surface area contributed by atoms with Gasteiger partial charge in [-0.05, 0) is 32.6 Å².